The number of rotatable bonds is 9. The molecule has 0 aliphatic heterocycles. The SMILES string of the molecule is COC(=O)c1ccc(NC(=O)CSc2nnc([C@@H](NC(=O)c3ccc(C)cc3)C(C)C)n2C)cc1. The lowest BCUT2D eigenvalue weighted by molar-refractivity contribution is -0.113. The van der Waals surface area contributed by atoms with Crippen LogP contribution in [0.2, 0.25) is 0 Å². The van der Waals surface area contributed by atoms with Crippen molar-refractivity contribution in [2.45, 2.75) is 32.0 Å². The quantitative estimate of drug-likeness (QED) is 0.343. The van der Waals surface area contributed by atoms with E-state index in [2.05, 4.69) is 25.6 Å². The van der Waals surface area contributed by atoms with Gasteiger partial charge in [0.1, 0.15) is 0 Å². The zero-order valence-electron chi connectivity index (χ0n) is 20.4. The minimum absolute atomic E-state index is 0.0707. The van der Waals surface area contributed by atoms with Gasteiger partial charge in [0.25, 0.3) is 5.91 Å². The second-order valence-corrected chi connectivity index (χ2v) is 9.31. The molecule has 3 rings (SSSR count). The first kappa shape index (κ1) is 26.0. The van der Waals surface area contributed by atoms with Gasteiger partial charge in [-0.2, -0.15) is 0 Å². The number of esters is 1. The van der Waals surface area contributed by atoms with Crippen molar-refractivity contribution in [3.8, 4) is 0 Å². The van der Waals surface area contributed by atoms with Crippen LogP contribution in [-0.4, -0.2) is 45.4 Å². The molecule has 1 heterocycles. The van der Waals surface area contributed by atoms with Gasteiger partial charge in [-0.3, -0.25) is 9.59 Å². The van der Waals surface area contributed by atoms with Crippen LogP contribution in [0.5, 0.6) is 0 Å². The van der Waals surface area contributed by atoms with Crippen molar-refractivity contribution in [3.63, 3.8) is 0 Å². The molecule has 3 aromatic rings. The Morgan fingerprint density at radius 2 is 1.63 bits per heavy atom. The highest BCUT2D eigenvalue weighted by Crippen LogP contribution is 2.24. The highest BCUT2D eigenvalue weighted by molar-refractivity contribution is 7.99. The van der Waals surface area contributed by atoms with E-state index in [1.807, 2.05) is 40.0 Å². The Morgan fingerprint density at radius 1 is 1.00 bits per heavy atom. The van der Waals surface area contributed by atoms with Crippen LogP contribution < -0.4 is 10.6 Å². The molecule has 184 valence electrons. The number of carbonyl (C=O) groups excluding carboxylic acids is 3. The third kappa shape index (κ3) is 6.69. The fourth-order valence-corrected chi connectivity index (χ4v) is 4.03. The Morgan fingerprint density at radius 3 is 2.23 bits per heavy atom. The summed E-state index contributed by atoms with van der Waals surface area (Å²) in [7, 11) is 3.13. The summed E-state index contributed by atoms with van der Waals surface area (Å²) in [5, 5.41) is 14.9. The maximum atomic E-state index is 12.8. The van der Waals surface area contributed by atoms with Crippen LogP contribution in [0.15, 0.2) is 53.7 Å². The molecule has 35 heavy (non-hydrogen) atoms. The summed E-state index contributed by atoms with van der Waals surface area (Å²) in [6, 6.07) is 13.5. The lowest BCUT2D eigenvalue weighted by Crippen LogP contribution is -2.33. The molecule has 0 spiro atoms. The third-order valence-corrected chi connectivity index (χ3v) is 6.36. The number of carbonyl (C=O) groups is 3. The monoisotopic (exact) mass is 495 g/mol. The lowest BCUT2D eigenvalue weighted by Gasteiger charge is -2.21. The second kappa shape index (κ2) is 11.7. The zero-order chi connectivity index (χ0) is 25.5. The predicted molar refractivity (Wildman–Crippen MR) is 134 cm³/mol. The van der Waals surface area contributed by atoms with Gasteiger partial charge in [0, 0.05) is 18.3 Å². The number of anilines is 1. The van der Waals surface area contributed by atoms with Crippen molar-refractivity contribution in [1.82, 2.24) is 20.1 Å². The summed E-state index contributed by atoms with van der Waals surface area (Å²) < 4.78 is 6.46. The Hall–Kier alpha value is -3.66. The number of aryl methyl sites for hydroxylation is 1. The van der Waals surface area contributed by atoms with Crippen molar-refractivity contribution in [2.75, 3.05) is 18.2 Å². The Balaban J connectivity index is 1.62. The highest BCUT2D eigenvalue weighted by atomic mass is 32.2. The van der Waals surface area contributed by atoms with E-state index < -0.39 is 5.97 Å². The van der Waals surface area contributed by atoms with Crippen molar-refractivity contribution in [3.05, 3.63) is 71.0 Å². The van der Waals surface area contributed by atoms with E-state index in [4.69, 9.17) is 0 Å². The summed E-state index contributed by atoms with van der Waals surface area (Å²) in [5.74, 6) is -0.0429. The summed E-state index contributed by atoms with van der Waals surface area (Å²) >= 11 is 1.24. The molecule has 0 unspecified atom stereocenters. The van der Waals surface area contributed by atoms with E-state index in [0.29, 0.717) is 27.8 Å². The van der Waals surface area contributed by atoms with E-state index in [9.17, 15) is 14.4 Å². The van der Waals surface area contributed by atoms with Crippen LogP contribution in [0.1, 0.15) is 52.0 Å². The molecule has 0 aliphatic rings. The molecular weight excluding hydrogens is 466 g/mol. The maximum absolute atomic E-state index is 12.8. The molecule has 0 fully saturated rings. The summed E-state index contributed by atoms with van der Waals surface area (Å²) in [4.78, 5) is 36.7. The number of methoxy groups -OCH3 is 1. The fraction of sp³-hybridized carbons (Fsp3) is 0.320. The molecule has 0 aliphatic carbocycles. The normalized spacial score (nSPS) is 11.7. The van der Waals surface area contributed by atoms with Crippen LogP contribution in [0.25, 0.3) is 0 Å². The lowest BCUT2D eigenvalue weighted by atomic mass is 10.0. The minimum Gasteiger partial charge on any atom is -0.465 e. The molecule has 1 aromatic heterocycles. The number of benzene rings is 2. The first-order valence-corrected chi connectivity index (χ1v) is 12.1. The molecule has 0 saturated carbocycles. The van der Waals surface area contributed by atoms with Crippen molar-refractivity contribution in [1.29, 1.82) is 0 Å². The van der Waals surface area contributed by atoms with Crippen LogP contribution in [-0.2, 0) is 16.6 Å². The largest absolute Gasteiger partial charge is 0.465 e. The van der Waals surface area contributed by atoms with Crippen molar-refractivity contribution < 1.29 is 19.1 Å². The molecule has 0 saturated heterocycles. The molecular formula is C25H29N5O4S. The zero-order valence-corrected chi connectivity index (χ0v) is 21.2. The number of hydrogen-bond donors (Lipinski definition) is 2. The van der Waals surface area contributed by atoms with Crippen LogP contribution in [0.4, 0.5) is 5.69 Å². The standard InChI is InChI=1S/C25H29N5O4S/c1-15(2)21(27-23(32)17-8-6-16(3)7-9-17)22-28-29-25(30(22)4)35-14-20(31)26-19-12-10-18(11-13-19)24(33)34-5/h6-13,15,21H,14H2,1-5H3,(H,26,31)(H,27,32)/t21-/m0/s1. The van der Waals surface area contributed by atoms with Gasteiger partial charge in [-0.25, -0.2) is 4.79 Å². The second-order valence-electron chi connectivity index (χ2n) is 8.37. The highest BCUT2D eigenvalue weighted by Gasteiger charge is 2.25. The van der Waals surface area contributed by atoms with Crippen LogP contribution in [0, 0.1) is 12.8 Å². The van der Waals surface area contributed by atoms with Crippen molar-refractivity contribution >= 4 is 35.2 Å². The van der Waals surface area contributed by atoms with Gasteiger partial charge in [0.2, 0.25) is 5.91 Å². The number of ether oxygens (including phenoxy) is 1. The van der Waals surface area contributed by atoms with E-state index in [1.54, 1.807) is 41.0 Å². The van der Waals surface area contributed by atoms with Crippen LogP contribution in [0.3, 0.4) is 0 Å². The topological polar surface area (TPSA) is 115 Å². The fourth-order valence-electron chi connectivity index (χ4n) is 3.32. The van der Waals surface area contributed by atoms with E-state index in [0.717, 1.165) is 5.56 Å². The third-order valence-electron chi connectivity index (χ3n) is 5.34. The number of nitrogens with one attached hydrogen (secondary N) is 2. The van der Waals surface area contributed by atoms with Gasteiger partial charge in [-0.1, -0.05) is 43.3 Å². The van der Waals surface area contributed by atoms with Crippen LogP contribution >= 0.6 is 11.8 Å². The van der Waals surface area contributed by atoms with E-state index in [-0.39, 0.29) is 29.5 Å². The molecule has 10 heteroatoms. The number of thioether (sulfide) groups is 1. The first-order valence-electron chi connectivity index (χ1n) is 11.1. The summed E-state index contributed by atoms with van der Waals surface area (Å²) in [5.41, 5.74) is 2.63. The number of amides is 2. The van der Waals surface area contributed by atoms with Gasteiger partial charge in [0.15, 0.2) is 11.0 Å². The molecule has 9 nitrogen and oxygen atoms in total. The van der Waals surface area contributed by atoms with Gasteiger partial charge in [0.05, 0.1) is 24.5 Å². The maximum Gasteiger partial charge on any atom is 0.337 e. The Kier molecular flexibility index (Phi) is 8.64. The molecule has 2 aromatic carbocycles. The molecule has 0 bridgehead atoms. The van der Waals surface area contributed by atoms with E-state index >= 15 is 0 Å². The van der Waals surface area contributed by atoms with Gasteiger partial charge < -0.3 is 19.9 Å². The first-order chi connectivity index (χ1) is 16.7. The average Bonchev–Trinajstić information content (AvgIpc) is 3.21. The summed E-state index contributed by atoms with van der Waals surface area (Å²) in [6.45, 7) is 5.97. The van der Waals surface area contributed by atoms with Gasteiger partial charge in [-0.15, -0.1) is 10.2 Å². The van der Waals surface area contributed by atoms with Crippen molar-refractivity contribution in [2.24, 2.45) is 13.0 Å². The number of aromatic nitrogens is 3. The van der Waals surface area contributed by atoms with E-state index in [1.165, 1.54) is 18.9 Å². The molecule has 1 atom stereocenters. The number of nitrogens with zero attached hydrogens (tertiary/aromatic N) is 3. The Labute approximate surface area is 208 Å². The number of hydrogen-bond acceptors (Lipinski definition) is 7. The van der Waals surface area contributed by atoms with Gasteiger partial charge >= 0.3 is 5.97 Å². The predicted octanol–water partition coefficient (Wildman–Crippen LogP) is 3.77. The average molecular weight is 496 g/mol. The molecule has 2 N–H and O–H groups in total. The minimum atomic E-state index is -0.439. The molecule has 2 amide bonds. The smallest absolute Gasteiger partial charge is 0.337 e. The summed E-state index contributed by atoms with van der Waals surface area (Å²) in [6.07, 6.45) is 0. The molecule has 0 radical (unpaired) electrons. The Bertz CT molecular complexity index is 1190. The van der Waals surface area contributed by atoms with Gasteiger partial charge in [-0.05, 0) is 49.2 Å².